The third kappa shape index (κ3) is 4.57. The van der Waals surface area contributed by atoms with Crippen LogP contribution in [0.4, 0.5) is 5.69 Å². The Morgan fingerprint density at radius 3 is 2.70 bits per heavy atom. The van der Waals surface area contributed by atoms with Crippen LogP contribution in [0.3, 0.4) is 0 Å². The average molecular weight is 546 g/mol. The van der Waals surface area contributed by atoms with Crippen molar-refractivity contribution in [3.05, 3.63) is 48.3 Å². The third-order valence-corrected chi connectivity index (χ3v) is 8.00. The Bertz CT molecular complexity index is 1470. The molecule has 0 spiro atoms. The van der Waals surface area contributed by atoms with Crippen LogP contribution in [-0.4, -0.2) is 75.4 Å². The number of hydroxylamine groups is 1. The molecule has 5 N–H and O–H groups in total. The maximum atomic E-state index is 13.7. The molecule has 3 aromatic rings. The highest BCUT2D eigenvalue weighted by molar-refractivity contribution is 6.02. The number of amidine groups is 1. The van der Waals surface area contributed by atoms with E-state index in [1.165, 1.54) is 0 Å². The van der Waals surface area contributed by atoms with Crippen molar-refractivity contribution in [3.8, 4) is 22.5 Å². The second-order valence-electron chi connectivity index (χ2n) is 10.9. The standard InChI is InChI=1S/C28H35N9O3/c1-17-32-27(34-40-17)36-12-11-35(26(38)28(36,2)3)20-6-4-5-18(15-20)22-16-21(24(33-22)25(29)30)23-7-10-31-37(23)19-8-13-39-14-9-19/h4-7,10,15-16,19,27,33-34H,8-9,11-14H2,1-3H3,(H3,29,30). The first kappa shape index (κ1) is 26.2. The van der Waals surface area contributed by atoms with Gasteiger partial charge in [0, 0.05) is 61.9 Å². The van der Waals surface area contributed by atoms with Crippen LogP contribution in [0, 0.1) is 5.41 Å². The molecule has 1 atom stereocenters. The molecular formula is C28H35N9O3. The Morgan fingerprint density at radius 2 is 1.98 bits per heavy atom. The zero-order chi connectivity index (χ0) is 28.0. The lowest BCUT2D eigenvalue weighted by Gasteiger charge is -2.46. The first-order valence-corrected chi connectivity index (χ1v) is 13.6. The Morgan fingerprint density at radius 1 is 1.18 bits per heavy atom. The summed E-state index contributed by atoms with van der Waals surface area (Å²) in [7, 11) is 0. The number of nitrogen functional groups attached to an aromatic ring is 1. The number of nitrogens with one attached hydrogen (secondary N) is 3. The van der Waals surface area contributed by atoms with Gasteiger partial charge in [0.05, 0.1) is 23.0 Å². The van der Waals surface area contributed by atoms with Crippen LogP contribution in [0.15, 0.2) is 47.6 Å². The van der Waals surface area contributed by atoms with E-state index in [0.29, 0.717) is 37.9 Å². The van der Waals surface area contributed by atoms with E-state index < -0.39 is 11.8 Å². The lowest BCUT2D eigenvalue weighted by molar-refractivity contribution is -0.135. The summed E-state index contributed by atoms with van der Waals surface area (Å²) in [6.45, 7) is 8.15. The van der Waals surface area contributed by atoms with Gasteiger partial charge in [-0.15, -0.1) is 5.48 Å². The quantitative estimate of drug-likeness (QED) is 0.275. The van der Waals surface area contributed by atoms with Gasteiger partial charge in [0.2, 0.25) is 11.8 Å². The van der Waals surface area contributed by atoms with Gasteiger partial charge in [0.25, 0.3) is 0 Å². The van der Waals surface area contributed by atoms with Gasteiger partial charge in [-0.05, 0) is 51.0 Å². The predicted molar refractivity (Wildman–Crippen MR) is 152 cm³/mol. The van der Waals surface area contributed by atoms with Crippen LogP contribution >= 0.6 is 0 Å². The minimum Gasteiger partial charge on any atom is -0.390 e. The summed E-state index contributed by atoms with van der Waals surface area (Å²) < 4.78 is 7.56. The Balaban J connectivity index is 1.30. The first-order valence-electron chi connectivity index (χ1n) is 13.6. The van der Waals surface area contributed by atoms with Crippen molar-refractivity contribution in [3.63, 3.8) is 0 Å². The number of nitrogens with zero attached hydrogens (tertiary/aromatic N) is 5. The number of nitrogens with two attached hydrogens (primary N) is 1. The van der Waals surface area contributed by atoms with Gasteiger partial charge in [-0.1, -0.05) is 12.1 Å². The summed E-state index contributed by atoms with van der Waals surface area (Å²) >= 11 is 0. The SMILES string of the molecule is CC1=NC(N2CCN(c3cccc(-c4cc(-c5ccnn5C5CCOCC5)c(C(=N)N)[nH]4)c3)C(=O)C2(C)C)NO1. The Hall–Kier alpha value is -4.00. The van der Waals surface area contributed by atoms with Gasteiger partial charge in [0.15, 0.2) is 6.29 Å². The predicted octanol–water partition coefficient (Wildman–Crippen LogP) is 2.84. The summed E-state index contributed by atoms with van der Waals surface area (Å²) in [6, 6.07) is 12.1. The number of rotatable bonds is 6. The number of ether oxygens (including phenoxy) is 1. The normalized spacial score (nSPS) is 21.9. The van der Waals surface area contributed by atoms with Crippen molar-refractivity contribution in [1.29, 1.82) is 5.41 Å². The summed E-state index contributed by atoms with van der Waals surface area (Å²) in [5, 5.41) is 12.9. The molecule has 6 rings (SSSR count). The molecule has 12 nitrogen and oxygen atoms in total. The van der Waals surface area contributed by atoms with Gasteiger partial charge in [-0.2, -0.15) is 5.10 Å². The second-order valence-corrected chi connectivity index (χ2v) is 10.9. The number of hydrogen-bond acceptors (Lipinski definition) is 8. The van der Waals surface area contributed by atoms with Crippen molar-refractivity contribution < 1.29 is 14.4 Å². The van der Waals surface area contributed by atoms with Crippen molar-refractivity contribution in [1.82, 2.24) is 25.1 Å². The smallest absolute Gasteiger partial charge is 0.247 e. The molecule has 1 amide bonds. The minimum absolute atomic E-state index is 0.0191. The van der Waals surface area contributed by atoms with Gasteiger partial charge in [-0.25, -0.2) is 4.99 Å². The average Bonchev–Trinajstić information content (AvgIpc) is 3.70. The molecular weight excluding hydrogens is 510 g/mol. The van der Waals surface area contributed by atoms with Crippen molar-refractivity contribution in [2.45, 2.75) is 51.5 Å². The van der Waals surface area contributed by atoms with E-state index >= 15 is 0 Å². The van der Waals surface area contributed by atoms with Crippen LogP contribution in [-0.2, 0) is 14.4 Å². The molecule has 3 aliphatic rings. The largest absolute Gasteiger partial charge is 0.390 e. The zero-order valence-corrected chi connectivity index (χ0v) is 23.0. The lowest BCUT2D eigenvalue weighted by atomic mass is 9.96. The molecule has 0 saturated carbocycles. The highest BCUT2D eigenvalue weighted by Gasteiger charge is 2.46. The topological polar surface area (TPSA) is 150 Å². The number of aromatic amines is 1. The summed E-state index contributed by atoms with van der Waals surface area (Å²) in [4.78, 5) is 30.7. The number of aromatic nitrogens is 3. The van der Waals surface area contributed by atoms with E-state index in [0.717, 1.165) is 41.0 Å². The minimum atomic E-state index is -0.798. The van der Waals surface area contributed by atoms with Crippen molar-refractivity contribution >= 4 is 23.3 Å². The number of hydrogen-bond donors (Lipinski definition) is 4. The molecule has 40 heavy (non-hydrogen) atoms. The van der Waals surface area contributed by atoms with Crippen molar-refractivity contribution in [2.24, 2.45) is 10.7 Å². The number of benzene rings is 1. The molecule has 12 heteroatoms. The Labute approximate surface area is 232 Å². The van der Waals surface area contributed by atoms with E-state index in [2.05, 4.69) is 20.6 Å². The fourth-order valence-electron chi connectivity index (χ4n) is 5.83. The number of anilines is 1. The lowest BCUT2D eigenvalue weighted by Crippen LogP contribution is -2.67. The van der Waals surface area contributed by atoms with E-state index in [1.54, 1.807) is 13.1 Å². The van der Waals surface area contributed by atoms with Crippen LogP contribution in [0.25, 0.3) is 22.5 Å². The molecule has 0 bridgehead atoms. The molecule has 210 valence electrons. The number of piperazine rings is 1. The van der Waals surface area contributed by atoms with E-state index in [9.17, 15) is 4.79 Å². The molecule has 0 radical (unpaired) electrons. The molecule has 2 saturated heterocycles. The molecule has 2 aromatic heterocycles. The highest BCUT2D eigenvalue weighted by Crippen LogP contribution is 2.35. The van der Waals surface area contributed by atoms with Crippen LogP contribution in [0.1, 0.15) is 45.3 Å². The monoisotopic (exact) mass is 545 g/mol. The maximum Gasteiger partial charge on any atom is 0.247 e. The van der Waals surface area contributed by atoms with Crippen LogP contribution in [0.5, 0.6) is 0 Å². The van der Waals surface area contributed by atoms with Crippen LogP contribution in [0.2, 0.25) is 0 Å². The van der Waals surface area contributed by atoms with Crippen LogP contribution < -0.4 is 16.1 Å². The van der Waals surface area contributed by atoms with Crippen molar-refractivity contribution in [2.75, 3.05) is 31.2 Å². The van der Waals surface area contributed by atoms with E-state index in [1.807, 2.05) is 64.7 Å². The molecule has 5 heterocycles. The fourth-order valence-corrected chi connectivity index (χ4v) is 5.83. The zero-order valence-electron chi connectivity index (χ0n) is 23.0. The maximum absolute atomic E-state index is 13.7. The molecule has 2 fully saturated rings. The van der Waals surface area contributed by atoms with Gasteiger partial charge in [0.1, 0.15) is 5.84 Å². The van der Waals surface area contributed by atoms with E-state index in [-0.39, 0.29) is 17.8 Å². The fraction of sp³-hybridized carbons (Fsp3) is 0.429. The highest BCUT2D eigenvalue weighted by atomic mass is 16.7. The van der Waals surface area contributed by atoms with E-state index in [4.69, 9.17) is 20.7 Å². The number of carbonyl (C=O) groups is 1. The third-order valence-electron chi connectivity index (χ3n) is 8.00. The summed E-state index contributed by atoms with van der Waals surface area (Å²) in [5.74, 6) is 0.483. The first-order chi connectivity index (χ1) is 19.2. The summed E-state index contributed by atoms with van der Waals surface area (Å²) in [5.41, 5.74) is 12.9. The second kappa shape index (κ2) is 10.2. The Kier molecular flexibility index (Phi) is 6.69. The number of carbonyl (C=O) groups excluding carboxylic acids is 1. The van der Waals surface area contributed by atoms with Gasteiger partial charge < -0.3 is 25.2 Å². The number of H-pyrrole nitrogens is 1. The summed E-state index contributed by atoms with van der Waals surface area (Å²) in [6.07, 6.45) is 3.16. The molecule has 3 aliphatic heterocycles. The van der Waals surface area contributed by atoms with Gasteiger partial charge >= 0.3 is 0 Å². The number of amides is 1. The molecule has 1 unspecified atom stereocenters. The number of aliphatic imine (C=N–C) groups is 1. The van der Waals surface area contributed by atoms with Gasteiger partial charge in [-0.3, -0.25) is 19.8 Å². The molecule has 1 aromatic carbocycles. The molecule has 0 aliphatic carbocycles.